The average molecular weight is 89.9 g/mol. The number of nitrogens with two attached hydrogens (primary N) is 1. The number of thiocarbonyl (C=S) groups is 1. The molecule has 0 bridgehead atoms. The van der Waals surface area contributed by atoms with E-state index in [0.29, 0.717) is 0 Å². The van der Waals surface area contributed by atoms with Crippen LogP contribution in [0, 0.1) is 0 Å². The monoisotopic (exact) mass is 90.0 g/mol. The molecule has 0 unspecified atom stereocenters. The van der Waals surface area contributed by atoms with Gasteiger partial charge < -0.3 is 4.76 Å². The smallest absolute Gasteiger partial charge is 0.340 e. The van der Waals surface area contributed by atoms with Gasteiger partial charge in [0.25, 0.3) is 0 Å². The predicted octanol–water partition coefficient (Wildman–Crippen LogP) is -0.815. The highest BCUT2D eigenvalue weighted by Crippen LogP contribution is 1.44. The van der Waals surface area contributed by atoms with Crippen LogP contribution in [0.25, 0.3) is 0 Å². The fourth-order valence-electron chi connectivity index (χ4n) is 0.0321. The summed E-state index contributed by atoms with van der Waals surface area (Å²) < 4.78 is 10.5. The maximum Gasteiger partial charge on any atom is 0.340 e. The van der Waals surface area contributed by atoms with Crippen molar-refractivity contribution in [2.45, 2.75) is 0 Å². The summed E-state index contributed by atoms with van der Waals surface area (Å²) >= 11 is 4.26. The van der Waals surface area contributed by atoms with Crippen LogP contribution in [-0.2, 0) is 4.76 Å². The van der Waals surface area contributed by atoms with Crippen molar-refractivity contribution in [3.05, 3.63) is 0 Å². The van der Waals surface area contributed by atoms with Crippen LogP contribution in [0.2, 0.25) is 0 Å². The molecule has 0 aliphatic carbocycles. The van der Waals surface area contributed by atoms with Crippen molar-refractivity contribution in [3.8, 4) is 0 Å². The standard InChI is InChI=1S/CH4BNOS/c3-4-2-1-5/h1-2H,3H2/i2D. The zero-order valence-electron chi connectivity index (χ0n) is 3.55. The lowest BCUT2D eigenvalue weighted by atomic mass is 10.1. The molecule has 5 heavy (non-hydrogen) atoms. The van der Waals surface area contributed by atoms with Crippen molar-refractivity contribution in [2.75, 3.05) is 0 Å². The van der Waals surface area contributed by atoms with Crippen LogP contribution in [0.5, 0.6) is 0 Å². The summed E-state index contributed by atoms with van der Waals surface area (Å²) in [5, 5.41) is 1.12. The minimum absolute atomic E-state index is 0.847. The van der Waals surface area contributed by atoms with E-state index in [1.54, 1.807) is 0 Å². The fraction of sp³-hybridized carbons (Fsp3) is 0. The molecule has 2 nitrogen and oxygen atoms in total. The molecule has 28 valence electrons. The Hall–Kier alpha value is 0.0749. The van der Waals surface area contributed by atoms with E-state index in [4.69, 9.17) is 1.34 Å². The lowest BCUT2D eigenvalue weighted by molar-refractivity contribution is 0.365. The molecule has 4 heteroatoms. The topological polar surface area (TPSA) is 35.2 Å². The summed E-state index contributed by atoms with van der Waals surface area (Å²) in [5.41, 5.74) is 0. The predicted molar refractivity (Wildman–Crippen MR) is 26.1 cm³/mol. The molecule has 0 saturated carbocycles. The highest BCUT2D eigenvalue weighted by molar-refractivity contribution is 7.81. The molecule has 0 amide bonds. The highest BCUT2D eigenvalue weighted by atomic mass is 32.1. The minimum Gasteiger partial charge on any atom is -0.364 e. The molecule has 0 rings (SSSR count). The van der Waals surface area contributed by atoms with E-state index in [0.717, 1.165) is 5.27 Å². The lowest BCUT2D eigenvalue weighted by Crippen LogP contribution is -2.03. The first-order chi connectivity index (χ1) is 2.81. The molecule has 0 radical (unpaired) electrons. The zero-order chi connectivity index (χ0) is 4.99. The molecule has 0 fully saturated rings. The van der Waals surface area contributed by atoms with Crippen molar-refractivity contribution in [1.29, 1.82) is 1.34 Å². The minimum atomic E-state index is -0.847. The second-order valence-corrected chi connectivity index (χ2v) is 0.680. The molecule has 0 aliphatic heterocycles. The Morgan fingerprint density at radius 2 is 3.00 bits per heavy atom. The zero-order valence-corrected chi connectivity index (χ0v) is 3.37. The van der Waals surface area contributed by atoms with Gasteiger partial charge in [-0.2, -0.15) is 0 Å². The molecule has 0 aromatic carbocycles. The highest BCUT2D eigenvalue weighted by Gasteiger charge is 1.69. The summed E-state index contributed by atoms with van der Waals surface area (Å²) in [6, 6.07) is 0. The Morgan fingerprint density at radius 3 is 3.00 bits per heavy atom. The van der Waals surface area contributed by atoms with Crippen LogP contribution < -0.4 is 5.90 Å². The van der Waals surface area contributed by atoms with Gasteiger partial charge in [0.1, 0.15) is 0 Å². The van der Waals surface area contributed by atoms with Crippen LogP contribution in [0.3, 0.4) is 0 Å². The Labute approximate surface area is 37.9 Å². The van der Waals surface area contributed by atoms with Crippen molar-refractivity contribution in [3.63, 3.8) is 0 Å². The second kappa shape index (κ2) is 4.07. The van der Waals surface area contributed by atoms with Crippen molar-refractivity contribution in [2.24, 2.45) is 5.90 Å². The molecule has 0 aromatic heterocycles. The second-order valence-electron chi connectivity index (χ2n) is 0.408. The lowest BCUT2D eigenvalue weighted by Gasteiger charge is -1.75. The molecule has 0 aromatic rings. The van der Waals surface area contributed by atoms with E-state index in [-0.39, 0.29) is 0 Å². The number of hydrogen-bond donors (Lipinski definition) is 1. The van der Waals surface area contributed by atoms with E-state index in [1.165, 1.54) is 0 Å². The van der Waals surface area contributed by atoms with Crippen LogP contribution in [0.15, 0.2) is 0 Å². The molecular weight excluding hydrogens is 84.9 g/mol. The van der Waals surface area contributed by atoms with E-state index in [2.05, 4.69) is 22.9 Å². The molecule has 0 atom stereocenters. The maximum absolute atomic E-state index is 6.56. The third-order valence-corrected chi connectivity index (χ3v) is 0.245. The van der Waals surface area contributed by atoms with Gasteiger partial charge in [0.2, 0.25) is 0 Å². The average Bonchev–Trinajstić information content (AvgIpc) is 1.65. The fourth-order valence-corrected chi connectivity index (χ4v) is 0.0962. The Kier molecular flexibility index (Phi) is 2.67. The van der Waals surface area contributed by atoms with Gasteiger partial charge in [-0.3, -0.25) is 0 Å². The van der Waals surface area contributed by atoms with Crippen LogP contribution in [-0.4, -0.2) is 14.0 Å². The van der Waals surface area contributed by atoms with Crippen molar-refractivity contribution < 1.29 is 4.76 Å². The summed E-state index contributed by atoms with van der Waals surface area (Å²) in [7, 11) is -0.847. The number of rotatable bonds is 2. The van der Waals surface area contributed by atoms with Gasteiger partial charge in [-0.15, -0.1) is 12.2 Å². The third-order valence-electron chi connectivity index (χ3n) is 0.134. The van der Waals surface area contributed by atoms with Crippen molar-refractivity contribution in [1.82, 2.24) is 0 Å². The van der Waals surface area contributed by atoms with E-state index in [1.807, 2.05) is 0 Å². The summed E-state index contributed by atoms with van der Waals surface area (Å²) in [4.78, 5) is 0. The van der Waals surface area contributed by atoms with Gasteiger partial charge in [-0.05, 0) is 5.27 Å². The normalized spacial score (nSPS) is 9.40. The summed E-state index contributed by atoms with van der Waals surface area (Å²) in [6.45, 7) is 0. The van der Waals surface area contributed by atoms with Gasteiger partial charge in [0, 0.05) is 1.34 Å². The van der Waals surface area contributed by atoms with Gasteiger partial charge >= 0.3 is 7.45 Å². The van der Waals surface area contributed by atoms with Crippen molar-refractivity contribution >= 4 is 24.9 Å². The van der Waals surface area contributed by atoms with E-state index < -0.39 is 7.45 Å². The Bertz CT molecular complexity index is 52.8. The Morgan fingerprint density at radius 1 is 2.40 bits per heavy atom. The maximum atomic E-state index is 6.56. The SMILES string of the molecule is [2H]B(C=S)ON. The molecule has 2 N–H and O–H groups in total. The van der Waals surface area contributed by atoms with Gasteiger partial charge in [0.15, 0.2) is 0 Å². The number of hydrogen-bond acceptors (Lipinski definition) is 3. The first kappa shape index (κ1) is 3.27. The van der Waals surface area contributed by atoms with Gasteiger partial charge in [-0.1, -0.05) is 0 Å². The van der Waals surface area contributed by atoms with E-state index >= 15 is 0 Å². The third kappa shape index (κ3) is 4.07. The first-order valence-corrected chi connectivity index (χ1v) is 1.51. The molecule has 0 saturated heterocycles. The summed E-state index contributed by atoms with van der Waals surface area (Å²) in [6.07, 6.45) is 0. The molecule has 0 aliphatic rings. The van der Waals surface area contributed by atoms with Crippen LogP contribution in [0.4, 0.5) is 0 Å². The largest absolute Gasteiger partial charge is 0.364 e. The first-order valence-electron chi connectivity index (χ1n) is 1.62. The quantitative estimate of drug-likeness (QED) is 0.273. The molecule has 0 heterocycles. The Balaban J connectivity index is 2.96. The van der Waals surface area contributed by atoms with Gasteiger partial charge in [0.05, 0.1) is 0 Å². The van der Waals surface area contributed by atoms with Crippen LogP contribution in [0.1, 0.15) is 0 Å². The molecule has 0 spiro atoms. The van der Waals surface area contributed by atoms with E-state index in [9.17, 15) is 0 Å². The summed E-state index contributed by atoms with van der Waals surface area (Å²) in [5.74, 6) is 4.50. The van der Waals surface area contributed by atoms with Gasteiger partial charge in [-0.25, -0.2) is 5.90 Å². The van der Waals surface area contributed by atoms with Crippen LogP contribution >= 0.6 is 12.2 Å². The molecular formula is CH4BNOS.